The SMILES string of the molecule is CNC(=O)N(CCC=O)c1ccc(N2CCN(C3CCN(c4ccc(Nc5ncc6ccc(-c7cnc8c(c7C)NCCO8)cc6n5)cc4)CC3)CC2)cc1. The Bertz CT molecular complexity index is 2130. The van der Waals surface area contributed by atoms with Gasteiger partial charge in [0.1, 0.15) is 18.6 Å². The van der Waals surface area contributed by atoms with Crippen LogP contribution in [-0.2, 0) is 4.79 Å². The number of anilines is 6. The Morgan fingerprint density at radius 1 is 0.927 bits per heavy atom. The van der Waals surface area contributed by atoms with Crippen LogP contribution < -0.4 is 35.4 Å². The number of nitrogens with one attached hydrogen (secondary N) is 3. The molecular formula is C42H48N10O3. The van der Waals surface area contributed by atoms with E-state index in [0.717, 1.165) is 115 Å². The number of carbonyl (C=O) groups is 2. The standard InChI is InChI=1S/C42H48N10O3/c1-29-37(28-45-40-39(29)44-16-25-55-40)30-4-5-31-27-46-41(48-38(31)26-30)47-32-6-8-33(9-7-32)49-18-14-35(15-19-49)51-22-20-50(21-23-51)34-10-12-36(13-11-34)52(17-3-24-53)42(54)43-2/h4-13,24,26-28,35,44H,3,14-23,25H2,1-2H3,(H,43,54)(H,46,47,48). The third-order valence-corrected chi connectivity index (χ3v) is 11.1. The van der Waals surface area contributed by atoms with E-state index in [4.69, 9.17) is 9.72 Å². The largest absolute Gasteiger partial charge is 0.474 e. The molecule has 2 saturated heterocycles. The monoisotopic (exact) mass is 740 g/mol. The maximum absolute atomic E-state index is 12.3. The van der Waals surface area contributed by atoms with Crippen molar-refractivity contribution in [1.82, 2.24) is 25.2 Å². The van der Waals surface area contributed by atoms with Crippen molar-refractivity contribution in [2.75, 3.05) is 91.3 Å². The molecule has 0 aliphatic carbocycles. The summed E-state index contributed by atoms with van der Waals surface area (Å²) in [6, 6.07) is 23.3. The number of piperidine rings is 1. The van der Waals surface area contributed by atoms with Crippen molar-refractivity contribution in [3.05, 3.63) is 84.7 Å². The van der Waals surface area contributed by atoms with Crippen LogP contribution in [0.4, 0.5) is 39.2 Å². The van der Waals surface area contributed by atoms with E-state index >= 15 is 0 Å². The molecule has 3 N–H and O–H groups in total. The maximum Gasteiger partial charge on any atom is 0.321 e. The van der Waals surface area contributed by atoms with Crippen molar-refractivity contribution in [1.29, 1.82) is 0 Å². The van der Waals surface area contributed by atoms with Gasteiger partial charge >= 0.3 is 6.03 Å². The van der Waals surface area contributed by atoms with E-state index in [9.17, 15) is 9.59 Å². The van der Waals surface area contributed by atoms with Crippen LogP contribution in [0.1, 0.15) is 24.8 Å². The van der Waals surface area contributed by atoms with Gasteiger partial charge in [0.15, 0.2) is 0 Å². The van der Waals surface area contributed by atoms with Crippen LogP contribution in [0.5, 0.6) is 5.88 Å². The number of carbonyl (C=O) groups excluding carboxylic acids is 2. The molecule has 5 aromatic rings. The Balaban J connectivity index is 0.832. The van der Waals surface area contributed by atoms with E-state index < -0.39 is 0 Å². The summed E-state index contributed by atoms with van der Waals surface area (Å²) < 4.78 is 5.72. The van der Waals surface area contributed by atoms with Crippen molar-refractivity contribution >= 4 is 57.6 Å². The van der Waals surface area contributed by atoms with Gasteiger partial charge in [-0.05, 0) is 85.5 Å². The first-order valence-electron chi connectivity index (χ1n) is 19.2. The second-order valence-corrected chi connectivity index (χ2v) is 14.3. The molecule has 0 unspecified atom stereocenters. The molecule has 3 aliphatic heterocycles. The Morgan fingerprint density at radius 2 is 1.65 bits per heavy atom. The number of aromatic nitrogens is 3. The van der Waals surface area contributed by atoms with Crippen molar-refractivity contribution in [2.45, 2.75) is 32.2 Å². The molecule has 8 rings (SSSR count). The highest BCUT2D eigenvalue weighted by Gasteiger charge is 2.28. The zero-order valence-corrected chi connectivity index (χ0v) is 31.5. The molecule has 2 amide bonds. The first kappa shape index (κ1) is 36.0. The topological polar surface area (TPSA) is 131 Å². The minimum absolute atomic E-state index is 0.213. The predicted octanol–water partition coefficient (Wildman–Crippen LogP) is 6.07. The van der Waals surface area contributed by atoms with Gasteiger partial charge in [0, 0.05) is 118 Å². The zero-order valence-electron chi connectivity index (χ0n) is 31.5. The highest BCUT2D eigenvalue weighted by atomic mass is 16.5. The van der Waals surface area contributed by atoms with Crippen molar-refractivity contribution in [3.8, 4) is 17.0 Å². The van der Waals surface area contributed by atoms with Gasteiger partial charge in [0.25, 0.3) is 0 Å². The van der Waals surface area contributed by atoms with Gasteiger partial charge < -0.3 is 35.3 Å². The molecule has 2 aromatic heterocycles. The van der Waals surface area contributed by atoms with Gasteiger partial charge in [-0.25, -0.2) is 19.7 Å². The molecule has 0 atom stereocenters. The van der Waals surface area contributed by atoms with Gasteiger partial charge in [-0.15, -0.1) is 0 Å². The number of amides is 2. The number of fused-ring (bicyclic) bond motifs is 2. The fourth-order valence-electron chi connectivity index (χ4n) is 7.99. The third kappa shape index (κ3) is 7.83. The van der Waals surface area contributed by atoms with Crippen LogP contribution in [-0.4, -0.2) is 104 Å². The van der Waals surface area contributed by atoms with E-state index in [1.54, 1.807) is 11.9 Å². The molecule has 0 bridgehead atoms. The fourth-order valence-corrected chi connectivity index (χ4v) is 7.99. The van der Waals surface area contributed by atoms with Crippen molar-refractivity contribution < 1.29 is 14.3 Å². The number of ether oxygens (including phenoxy) is 1. The number of urea groups is 1. The van der Waals surface area contributed by atoms with Gasteiger partial charge in [-0.2, -0.15) is 0 Å². The van der Waals surface area contributed by atoms with E-state index in [1.165, 1.54) is 5.69 Å². The molecule has 13 heteroatoms. The summed E-state index contributed by atoms with van der Waals surface area (Å²) in [6.07, 6.45) is 7.16. The summed E-state index contributed by atoms with van der Waals surface area (Å²) in [4.78, 5) is 46.4. The van der Waals surface area contributed by atoms with Crippen LogP contribution in [0, 0.1) is 6.92 Å². The first-order valence-corrected chi connectivity index (χ1v) is 19.2. The maximum atomic E-state index is 12.3. The number of benzene rings is 3. The molecule has 3 aromatic carbocycles. The summed E-state index contributed by atoms with van der Waals surface area (Å²) in [5.41, 5.74) is 9.17. The molecular weight excluding hydrogens is 693 g/mol. The Hall–Kier alpha value is -5.95. The molecule has 0 spiro atoms. The molecule has 5 heterocycles. The van der Waals surface area contributed by atoms with E-state index in [1.807, 2.05) is 24.5 Å². The van der Waals surface area contributed by atoms with Crippen LogP contribution in [0.3, 0.4) is 0 Å². The fraction of sp³-hybridized carbons (Fsp3) is 0.357. The van der Waals surface area contributed by atoms with Crippen molar-refractivity contribution in [3.63, 3.8) is 0 Å². The van der Waals surface area contributed by atoms with Gasteiger partial charge in [-0.1, -0.05) is 12.1 Å². The van der Waals surface area contributed by atoms with Gasteiger partial charge in [-0.3, -0.25) is 9.80 Å². The van der Waals surface area contributed by atoms with Gasteiger partial charge in [0.05, 0.1) is 5.52 Å². The van der Waals surface area contributed by atoms with Gasteiger partial charge in [0.2, 0.25) is 11.8 Å². The molecule has 0 radical (unpaired) electrons. The molecule has 284 valence electrons. The quantitative estimate of drug-likeness (QED) is 0.144. The molecule has 13 nitrogen and oxygen atoms in total. The Kier molecular flexibility index (Phi) is 10.6. The Morgan fingerprint density at radius 3 is 2.38 bits per heavy atom. The van der Waals surface area contributed by atoms with Crippen molar-refractivity contribution in [2.24, 2.45) is 0 Å². The number of pyridine rings is 1. The number of rotatable bonds is 10. The molecule has 0 saturated carbocycles. The molecule has 3 aliphatic rings. The summed E-state index contributed by atoms with van der Waals surface area (Å²) in [6.45, 7) is 9.92. The van der Waals surface area contributed by atoms with E-state index in [0.29, 0.717) is 37.4 Å². The van der Waals surface area contributed by atoms with E-state index in [2.05, 4.69) is 102 Å². The minimum atomic E-state index is -0.213. The number of nitrogens with zero attached hydrogens (tertiary/aromatic N) is 7. The number of hydrogen-bond acceptors (Lipinski definition) is 11. The lowest BCUT2D eigenvalue weighted by Gasteiger charge is -2.44. The average molecular weight is 741 g/mol. The summed E-state index contributed by atoms with van der Waals surface area (Å²) in [5, 5.41) is 10.5. The van der Waals surface area contributed by atoms with Crippen LogP contribution in [0.25, 0.3) is 22.0 Å². The second kappa shape index (κ2) is 16.2. The van der Waals surface area contributed by atoms with Crippen LogP contribution >= 0.6 is 0 Å². The third-order valence-electron chi connectivity index (χ3n) is 11.1. The van der Waals surface area contributed by atoms with E-state index in [-0.39, 0.29) is 6.03 Å². The lowest BCUT2D eigenvalue weighted by Crippen LogP contribution is -2.53. The lowest BCUT2D eigenvalue weighted by molar-refractivity contribution is -0.107. The summed E-state index contributed by atoms with van der Waals surface area (Å²) in [5.74, 6) is 1.22. The minimum Gasteiger partial charge on any atom is -0.474 e. The van der Waals surface area contributed by atoms with Crippen LogP contribution in [0.2, 0.25) is 0 Å². The molecule has 2 fully saturated rings. The first-order chi connectivity index (χ1) is 27.0. The Labute approximate surface area is 321 Å². The van der Waals surface area contributed by atoms with Crippen LogP contribution in [0.15, 0.2) is 79.1 Å². The normalized spacial score (nSPS) is 16.2. The molecule has 55 heavy (non-hydrogen) atoms. The number of aldehydes is 1. The summed E-state index contributed by atoms with van der Waals surface area (Å²) >= 11 is 0. The number of hydrogen-bond donors (Lipinski definition) is 3. The lowest BCUT2D eigenvalue weighted by atomic mass is 10.00. The smallest absolute Gasteiger partial charge is 0.321 e. The highest BCUT2D eigenvalue weighted by Crippen LogP contribution is 2.36. The highest BCUT2D eigenvalue weighted by molar-refractivity contribution is 5.92. The second-order valence-electron chi connectivity index (χ2n) is 14.3. The number of piperazine rings is 1. The summed E-state index contributed by atoms with van der Waals surface area (Å²) in [7, 11) is 1.60. The predicted molar refractivity (Wildman–Crippen MR) is 219 cm³/mol. The zero-order chi connectivity index (χ0) is 37.7. The average Bonchev–Trinajstić information content (AvgIpc) is 3.24.